The predicted octanol–water partition coefficient (Wildman–Crippen LogP) is 7.17. The van der Waals surface area contributed by atoms with Crippen LogP contribution in [-0.4, -0.2) is 0 Å². The predicted molar refractivity (Wildman–Crippen MR) is 117 cm³/mol. The molecule has 0 amide bonds. The third-order valence-corrected chi connectivity index (χ3v) is 7.70. The first-order valence-electron chi connectivity index (χ1n) is 10.8. The van der Waals surface area contributed by atoms with Crippen LogP contribution in [0.2, 0.25) is 0 Å². The summed E-state index contributed by atoms with van der Waals surface area (Å²) in [4.78, 5) is 0. The van der Waals surface area contributed by atoms with Crippen LogP contribution in [0.4, 0.5) is 11.4 Å². The molecule has 2 atom stereocenters. The smallest absolute Gasteiger partial charge is 0.0384 e. The van der Waals surface area contributed by atoms with Crippen LogP contribution in [0, 0.1) is 17.8 Å². The van der Waals surface area contributed by atoms with Gasteiger partial charge in [0.05, 0.1) is 0 Å². The molecule has 1 nitrogen and oxygen atoms in total. The number of benzene rings is 3. The molecule has 28 heavy (non-hydrogen) atoms. The van der Waals surface area contributed by atoms with E-state index in [9.17, 15) is 0 Å². The fraction of sp³-hybridized carbons (Fsp3) is 0.333. The highest BCUT2D eigenvalue weighted by Gasteiger charge is 2.56. The standard InChI is InChI=1S/C27H27N/c1-2-4-20(5-3-1)21-6-10-25(11-7-21)28-26-12-8-24(9-13-26)27-16-19-14-22(17-27)23(15-19)18-27/h1-13,19,22-23,28H,14-18H2. The van der Waals surface area contributed by atoms with Gasteiger partial charge in [0.2, 0.25) is 0 Å². The molecule has 0 saturated heterocycles. The Morgan fingerprint density at radius 2 is 1.18 bits per heavy atom. The Morgan fingerprint density at radius 3 is 1.79 bits per heavy atom. The fourth-order valence-corrected chi connectivity index (χ4v) is 6.61. The lowest BCUT2D eigenvalue weighted by molar-refractivity contribution is 0.229. The molecule has 0 radical (unpaired) electrons. The summed E-state index contributed by atoms with van der Waals surface area (Å²) in [6.07, 6.45) is 7.37. The average Bonchev–Trinajstić information content (AvgIpc) is 3.16. The van der Waals surface area contributed by atoms with E-state index in [4.69, 9.17) is 0 Å². The van der Waals surface area contributed by atoms with E-state index in [1.165, 1.54) is 48.9 Å². The quantitative estimate of drug-likeness (QED) is 0.516. The molecule has 4 saturated carbocycles. The Bertz CT molecular complexity index is 952. The van der Waals surface area contributed by atoms with Crippen LogP contribution in [0.3, 0.4) is 0 Å². The highest BCUT2D eigenvalue weighted by Crippen LogP contribution is 2.64. The van der Waals surface area contributed by atoms with Crippen LogP contribution in [0.5, 0.6) is 0 Å². The minimum Gasteiger partial charge on any atom is -0.356 e. The number of nitrogens with one attached hydrogen (secondary N) is 1. The van der Waals surface area contributed by atoms with Gasteiger partial charge in [-0.15, -0.1) is 0 Å². The highest BCUT2D eigenvalue weighted by atomic mass is 14.9. The van der Waals surface area contributed by atoms with Crippen LogP contribution >= 0.6 is 0 Å². The van der Waals surface area contributed by atoms with E-state index in [1.807, 2.05) is 0 Å². The SMILES string of the molecule is c1ccc(-c2ccc(Nc3ccc(C45CC6CC(C4)C(C6)C5)cc3)cc2)cc1. The maximum Gasteiger partial charge on any atom is 0.0384 e. The zero-order chi connectivity index (χ0) is 18.6. The van der Waals surface area contributed by atoms with Gasteiger partial charge in [-0.3, -0.25) is 0 Å². The van der Waals surface area contributed by atoms with Gasteiger partial charge >= 0.3 is 0 Å². The van der Waals surface area contributed by atoms with Gasteiger partial charge in [-0.25, -0.2) is 0 Å². The highest BCUT2D eigenvalue weighted by molar-refractivity contribution is 5.68. The first kappa shape index (κ1) is 16.4. The zero-order valence-corrected chi connectivity index (χ0v) is 16.3. The Balaban J connectivity index is 1.18. The lowest BCUT2D eigenvalue weighted by Crippen LogP contribution is -2.31. The Kier molecular flexibility index (Phi) is 3.66. The second-order valence-electron chi connectivity index (χ2n) is 9.40. The molecule has 0 spiro atoms. The van der Waals surface area contributed by atoms with Crippen molar-refractivity contribution in [2.45, 2.75) is 37.5 Å². The van der Waals surface area contributed by atoms with Crippen LogP contribution in [0.25, 0.3) is 11.1 Å². The number of anilines is 2. The van der Waals surface area contributed by atoms with Crippen LogP contribution in [-0.2, 0) is 5.41 Å². The topological polar surface area (TPSA) is 12.0 Å². The molecule has 0 aliphatic heterocycles. The second-order valence-corrected chi connectivity index (χ2v) is 9.40. The van der Waals surface area contributed by atoms with Crippen LogP contribution in [0.15, 0.2) is 78.9 Å². The third-order valence-electron chi connectivity index (χ3n) is 7.70. The van der Waals surface area contributed by atoms with Crippen molar-refractivity contribution in [3.05, 3.63) is 84.4 Å². The van der Waals surface area contributed by atoms with E-state index in [1.54, 1.807) is 5.56 Å². The lowest BCUT2D eigenvalue weighted by atomic mass is 9.66. The molecule has 3 aromatic carbocycles. The van der Waals surface area contributed by atoms with Gasteiger partial charge in [-0.2, -0.15) is 0 Å². The van der Waals surface area contributed by atoms with Gasteiger partial charge in [0, 0.05) is 11.4 Å². The van der Waals surface area contributed by atoms with Crippen molar-refractivity contribution < 1.29 is 0 Å². The summed E-state index contributed by atoms with van der Waals surface area (Å²) < 4.78 is 0. The van der Waals surface area contributed by atoms with Gasteiger partial charge in [0.1, 0.15) is 0 Å². The lowest BCUT2D eigenvalue weighted by Gasteiger charge is -2.39. The van der Waals surface area contributed by atoms with Crippen molar-refractivity contribution in [1.82, 2.24) is 0 Å². The first-order chi connectivity index (χ1) is 13.8. The number of rotatable bonds is 4. The first-order valence-corrected chi connectivity index (χ1v) is 10.8. The third kappa shape index (κ3) is 2.68. The van der Waals surface area contributed by atoms with Crippen LogP contribution in [0.1, 0.15) is 37.7 Å². The molecule has 7 rings (SSSR count). The molecule has 1 N–H and O–H groups in total. The summed E-state index contributed by atoms with van der Waals surface area (Å²) in [5.41, 5.74) is 6.94. The Hall–Kier alpha value is -2.54. The summed E-state index contributed by atoms with van der Waals surface area (Å²) in [6.45, 7) is 0. The van der Waals surface area contributed by atoms with E-state index in [0.717, 1.165) is 23.4 Å². The molecule has 3 aromatic rings. The summed E-state index contributed by atoms with van der Waals surface area (Å²) in [7, 11) is 0. The molecule has 0 aromatic heterocycles. The maximum absolute atomic E-state index is 3.57. The molecule has 1 heteroatoms. The minimum atomic E-state index is 0.506. The van der Waals surface area contributed by atoms with Crippen molar-refractivity contribution in [2.24, 2.45) is 17.8 Å². The summed E-state index contributed by atoms with van der Waals surface area (Å²) in [5.74, 6) is 3.07. The summed E-state index contributed by atoms with van der Waals surface area (Å²) >= 11 is 0. The van der Waals surface area contributed by atoms with E-state index >= 15 is 0 Å². The molecular weight excluding hydrogens is 338 g/mol. The summed E-state index contributed by atoms with van der Waals surface area (Å²) in [5, 5.41) is 3.57. The van der Waals surface area contributed by atoms with Crippen molar-refractivity contribution in [3.8, 4) is 11.1 Å². The van der Waals surface area contributed by atoms with Gasteiger partial charge in [-0.1, -0.05) is 54.6 Å². The van der Waals surface area contributed by atoms with E-state index < -0.39 is 0 Å². The van der Waals surface area contributed by atoms with E-state index in [2.05, 4.69) is 84.2 Å². The number of hydrogen-bond acceptors (Lipinski definition) is 1. The summed E-state index contributed by atoms with van der Waals surface area (Å²) in [6, 6.07) is 28.6. The molecule has 4 bridgehead atoms. The second kappa shape index (κ2) is 6.24. The molecule has 4 aliphatic rings. The van der Waals surface area contributed by atoms with Crippen molar-refractivity contribution in [3.63, 3.8) is 0 Å². The van der Waals surface area contributed by atoms with E-state index in [-0.39, 0.29) is 0 Å². The monoisotopic (exact) mass is 365 g/mol. The van der Waals surface area contributed by atoms with Gasteiger partial charge in [-0.05, 0) is 96.2 Å². The van der Waals surface area contributed by atoms with Gasteiger partial charge in [0.15, 0.2) is 0 Å². The van der Waals surface area contributed by atoms with Gasteiger partial charge < -0.3 is 5.32 Å². The normalized spacial score (nSPS) is 29.9. The molecule has 140 valence electrons. The fourth-order valence-electron chi connectivity index (χ4n) is 6.61. The largest absolute Gasteiger partial charge is 0.356 e. The van der Waals surface area contributed by atoms with Gasteiger partial charge in [0.25, 0.3) is 0 Å². The molecule has 4 aliphatic carbocycles. The molecule has 2 unspecified atom stereocenters. The van der Waals surface area contributed by atoms with Crippen molar-refractivity contribution >= 4 is 11.4 Å². The molecule has 0 heterocycles. The van der Waals surface area contributed by atoms with Crippen molar-refractivity contribution in [1.29, 1.82) is 0 Å². The number of hydrogen-bond donors (Lipinski definition) is 1. The molecule has 4 fully saturated rings. The van der Waals surface area contributed by atoms with Crippen molar-refractivity contribution in [2.75, 3.05) is 5.32 Å². The van der Waals surface area contributed by atoms with Crippen LogP contribution < -0.4 is 5.32 Å². The van der Waals surface area contributed by atoms with E-state index in [0.29, 0.717) is 5.41 Å². The zero-order valence-electron chi connectivity index (χ0n) is 16.3. The Morgan fingerprint density at radius 1 is 0.607 bits per heavy atom. The maximum atomic E-state index is 3.57. The minimum absolute atomic E-state index is 0.506. The average molecular weight is 366 g/mol. The Labute approximate surface area is 167 Å². The molecular formula is C27H27N.